The molecule has 1 aliphatic carbocycles. The van der Waals surface area contributed by atoms with Gasteiger partial charge in [-0.15, -0.1) is 11.6 Å². The number of aromatic nitrogens is 1. The van der Waals surface area contributed by atoms with Crippen molar-refractivity contribution in [3.05, 3.63) is 34.3 Å². The molecule has 19 heavy (non-hydrogen) atoms. The summed E-state index contributed by atoms with van der Waals surface area (Å²) in [6, 6.07) is 5.87. The van der Waals surface area contributed by atoms with Gasteiger partial charge in [-0.1, -0.05) is 25.3 Å². The lowest BCUT2D eigenvalue weighted by Crippen LogP contribution is -2.13. The maximum absolute atomic E-state index is 11.6. The molecule has 0 saturated heterocycles. The van der Waals surface area contributed by atoms with Crippen LogP contribution in [0.15, 0.2) is 27.4 Å². The highest BCUT2D eigenvalue weighted by atomic mass is 35.5. The third-order valence-electron chi connectivity index (χ3n) is 4.14. The Hall–Kier alpha value is -1.22. The molecule has 0 aliphatic heterocycles. The second kappa shape index (κ2) is 5.04. The SMILES string of the molecule is CCn1c(=O)oc2cc(C(Cl)CC3CCC3)ccc21. The summed E-state index contributed by atoms with van der Waals surface area (Å²) in [5, 5.41) is 0.0185. The zero-order valence-corrected chi connectivity index (χ0v) is 11.8. The van der Waals surface area contributed by atoms with Crippen LogP contribution in [0.3, 0.4) is 0 Å². The molecule has 4 heteroatoms. The Kier molecular flexibility index (Phi) is 3.40. The minimum atomic E-state index is -0.292. The minimum Gasteiger partial charge on any atom is -0.408 e. The topological polar surface area (TPSA) is 35.1 Å². The van der Waals surface area contributed by atoms with E-state index in [0.29, 0.717) is 12.1 Å². The van der Waals surface area contributed by atoms with Gasteiger partial charge in [0.2, 0.25) is 0 Å². The Morgan fingerprint density at radius 3 is 2.89 bits per heavy atom. The van der Waals surface area contributed by atoms with Crippen LogP contribution in [0.5, 0.6) is 0 Å². The van der Waals surface area contributed by atoms with E-state index in [9.17, 15) is 4.79 Å². The first-order chi connectivity index (χ1) is 9.19. The number of nitrogens with zero attached hydrogens (tertiary/aromatic N) is 1. The van der Waals surface area contributed by atoms with Gasteiger partial charge < -0.3 is 4.42 Å². The Bertz CT molecular complexity index is 639. The van der Waals surface area contributed by atoms with E-state index in [1.807, 2.05) is 25.1 Å². The third kappa shape index (κ3) is 2.32. The average Bonchev–Trinajstić information content (AvgIpc) is 2.67. The van der Waals surface area contributed by atoms with Crippen molar-refractivity contribution in [3.63, 3.8) is 0 Å². The van der Waals surface area contributed by atoms with E-state index in [2.05, 4.69) is 0 Å². The zero-order valence-electron chi connectivity index (χ0n) is 11.1. The molecule has 0 N–H and O–H groups in total. The summed E-state index contributed by atoms with van der Waals surface area (Å²) in [5.74, 6) is 0.477. The van der Waals surface area contributed by atoms with Crippen LogP contribution in [0, 0.1) is 5.92 Å². The van der Waals surface area contributed by atoms with Crippen molar-refractivity contribution in [1.82, 2.24) is 4.57 Å². The van der Waals surface area contributed by atoms with E-state index in [4.69, 9.17) is 16.0 Å². The van der Waals surface area contributed by atoms with Crippen LogP contribution in [0.25, 0.3) is 11.1 Å². The summed E-state index contributed by atoms with van der Waals surface area (Å²) >= 11 is 6.47. The smallest absolute Gasteiger partial charge is 0.408 e. The Labute approximate surface area is 117 Å². The first-order valence-corrected chi connectivity index (χ1v) is 7.40. The number of fused-ring (bicyclic) bond motifs is 1. The summed E-state index contributed by atoms with van der Waals surface area (Å²) in [6.07, 6.45) is 4.95. The van der Waals surface area contributed by atoms with Crippen LogP contribution in [0.2, 0.25) is 0 Å². The molecule has 1 atom stereocenters. The van der Waals surface area contributed by atoms with Crippen molar-refractivity contribution in [2.75, 3.05) is 0 Å². The van der Waals surface area contributed by atoms with Crippen molar-refractivity contribution in [2.45, 2.75) is 44.5 Å². The number of hydrogen-bond acceptors (Lipinski definition) is 2. The number of oxazole rings is 1. The number of benzene rings is 1. The molecule has 1 saturated carbocycles. The fourth-order valence-electron chi connectivity index (χ4n) is 2.73. The summed E-state index contributed by atoms with van der Waals surface area (Å²) < 4.78 is 6.91. The van der Waals surface area contributed by atoms with Gasteiger partial charge in [0, 0.05) is 6.54 Å². The van der Waals surface area contributed by atoms with E-state index in [1.54, 1.807) is 4.57 Å². The van der Waals surface area contributed by atoms with Crippen molar-refractivity contribution in [1.29, 1.82) is 0 Å². The number of rotatable bonds is 4. The van der Waals surface area contributed by atoms with Crippen LogP contribution in [0.1, 0.15) is 43.5 Å². The third-order valence-corrected chi connectivity index (χ3v) is 4.57. The van der Waals surface area contributed by atoms with Gasteiger partial charge in [-0.25, -0.2) is 4.79 Å². The molecule has 1 fully saturated rings. The monoisotopic (exact) mass is 279 g/mol. The van der Waals surface area contributed by atoms with Gasteiger partial charge in [0.05, 0.1) is 10.9 Å². The largest absolute Gasteiger partial charge is 0.419 e. The normalized spacial score (nSPS) is 17.6. The Balaban J connectivity index is 1.90. The molecular weight excluding hydrogens is 262 g/mol. The summed E-state index contributed by atoms with van der Waals surface area (Å²) in [4.78, 5) is 11.6. The van der Waals surface area contributed by atoms with Crippen LogP contribution in [-0.4, -0.2) is 4.57 Å². The number of aryl methyl sites for hydroxylation is 1. The molecule has 1 unspecified atom stereocenters. The van der Waals surface area contributed by atoms with Crippen molar-refractivity contribution < 1.29 is 4.42 Å². The van der Waals surface area contributed by atoms with Crippen LogP contribution >= 0.6 is 11.6 Å². The molecule has 0 spiro atoms. The lowest BCUT2D eigenvalue weighted by atomic mass is 9.81. The molecular formula is C15H18ClNO2. The predicted octanol–water partition coefficient (Wildman–Crippen LogP) is 4.08. The van der Waals surface area contributed by atoms with Gasteiger partial charge >= 0.3 is 5.76 Å². The highest BCUT2D eigenvalue weighted by Crippen LogP contribution is 2.38. The molecule has 2 aromatic rings. The number of hydrogen-bond donors (Lipinski definition) is 0. The standard InChI is InChI=1S/C15H18ClNO2/c1-2-17-13-7-6-11(9-14(13)19-15(17)18)12(16)8-10-4-3-5-10/h6-7,9-10,12H,2-5,8H2,1H3. The fourth-order valence-corrected chi connectivity index (χ4v) is 3.12. The molecule has 1 heterocycles. The lowest BCUT2D eigenvalue weighted by molar-refractivity contribution is 0.293. The number of alkyl halides is 1. The van der Waals surface area contributed by atoms with Gasteiger partial charge in [-0.2, -0.15) is 0 Å². The molecule has 3 nitrogen and oxygen atoms in total. The second-order valence-corrected chi connectivity index (χ2v) is 5.87. The maximum Gasteiger partial charge on any atom is 0.419 e. The first kappa shape index (κ1) is 12.8. The van der Waals surface area contributed by atoms with Crippen LogP contribution < -0.4 is 5.76 Å². The van der Waals surface area contributed by atoms with Crippen LogP contribution in [-0.2, 0) is 6.54 Å². The van der Waals surface area contributed by atoms with E-state index in [1.165, 1.54) is 19.3 Å². The average molecular weight is 280 g/mol. The van der Waals surface area contributed by atoms with E-state index in [0.717, 1.165) is 23.4 Å². The highest BCUT2D eigenvalue weighted by molar-refractivity contribution is 6.20. The second-order valence-electron chi connectivity index (χ2n) is 5.34. The zero-order chi connectivity index (χ0) is 13.4. The van der Waals surface area contributed by atoms with E-state index in [-0.39, 0.29) is 11.1 Å². The predicted molar refractivity (Wildman–Crippen MR) is 76.7 cm³/mol. The fraction of sp³-hybridized carbons (Fsp3) is 0.533. The number of halogens is 1. The summed E-state index contributed by atoms with van der Waals surface area (Å²) in [6.45, 7) is 2.56. The van der Waals surface area contributed by atoms with Gasteiger partial charge in [0.1, 0.15) is 0 Å². The van der Waals surface area contributed by atoms with Crippen LogP contribution in [0.4, 0.5) is 0 Å². The minimum absolute atomic E-state index is 0.0185. The summed E-state index contributed by atoms with van der Waals surface area (Å²) in [5.41, 5.74) is 2.55. The Morgan fingerprint density at radius 2 is 2.26 bits per heavy atom. The molecule has 102 valence electrons. The highest BCUT2D eigenvalue weighted by Gasteiger charge is 2.22. The van der Waals surface area contributed by atoms with Gasteiger partial charge in [0.25, 0.3) is 0 Å². The first-order valence-electron chi connectivity index (χ1n) is 6.96. The summed E-state index contributed by atoms with van der Waals surface area (Å²) in [7, 11) is 0. The molecule has 1 aliphatic rings. The molecule has 3 rings (SSSR count). The molecule has 0 bridgehead atoms. The van der Waals surface area contributed by atoms with Crippen molar-refractivity contribution in [3.8, 4) is 0 Å². The van der Waals surface area contributed by atoms with Crippen molar-refractivity contribution >= 4 is 22.7 Å². The molecule has 0 amide bonds. The molecule has 1 aromatic carbocycles. The lowest BCUT2D eigenvalue weighted by Gasteiger charge is -2.27. The van der Waals surface area contributed by atoms with E-state index >= 15 is 0 Å². The maximum atomic E-state index is 11.6. The van der Waals surface area contributed by atoms with Gasteiger partial charge in [0.15, 0.2) is 5.58 Å². The van der Waals surface area contributed by atoms with E-state index < -0.39 is 0 Å². The van der Waals surface area contributed by atoms with Gasteiger partial charge in [-0.3, -0.25) is 4.57 Å². The quantitative estimate of drug-likeness (QED) is 0.790. The van der Waals surface area contributed by atoms with Crippen molar-refractivity contribution in [2.24, 2.45) is 5.92 Å². The molecule has 0 radical (unpaired) electrons. The molecule has 1 aromatic heterocycles. The Morgan fingerprint density at radius 1 is 1.47 bits per heavy atom. The van der Waals surface area contributed by atoms with Gasteiger partial charge in [-0.05, 0) is 37.0 Å².